The Hall–Kier alpha value is -1.48. The van der Waals surface area contributed by atoms with Gasteiger partial charge >= 0.3 is 0 Å². The molecule has 0 bridgehead atoms. The number of phenols is 1. The number of aryl methyl sites for hydroxylation is 1. The summed E-state index contributed by atoms with van der Waals surface area (Å²) in [5.74, 6) is 0.386. The topological polar surface area (TPSA) is 45.4 Å². The van der Waals surface area contributed by atoms with Crippen LogP contribution in [0.5, 0.6) is 5.75 Å². The van der Waals surface area contributed by atoms with Crippen LogP contribution in [0.4, 0.5) is 0 Å². The van der Waals surface area contributed by atoms with Crippen molar-refractivity contribution in [1.29, 1.82) is 0 Å². The number of benzene rings is 1. The minimum Gasteiger partial charge on any atom is -0.508 e. The summed E-state index contributed by atoms with van der Waals surface area (Å²) in [6, 6.07) is 7.35. The van der Waals surface area contributed by atoms with Crippen LogP contribution in [0.3, 0.4) is 0 Å². The van der Waals surface area contributed by atoms with Crippen molar-refractivity contribution in [2.24, 2.45) is 7.05 Å². The van der Waals surface area contributed by atoms with Crippen molar-refractivity contribution in [1.82, 2.24) is 4.57 Å². The smallest absolute Gasteiger partial charge is 0.117 e. The van der Waals surface area contributed by atoms with Crippen LogP contribution in [-0.2, 0) is 7.05 Å². The molecule has 0 aliphatic heterocycles. The summed E-state index contributed by atoms with van der Waals surface area (Å²) < 4.78 is 2.01. The molecule has 3 heteroatoms. The van der Waals surface area contributed by atoms with Crippen LogP contribution in [0, 0.1) is 0 Å². The average Bonchev–Trinajstić information content (AvgIpc) is 2.55. The van der Waals surface area contributed by atoms with Crippen molar-refractivity contribution in [2.45, 2.75) is 12.8 Å². The van der Waals surface area contributed by atoms with Gasteiger partial charge in [-0.25, -0.2) is 0 Å². The highest BCUT2D eigenvalue weighted by Crippen LogP contribution is 2.26. The fraction of sp³-hybridized carbons (Fsp3) is 0.333. The molecule has 0 amide bonds. The third-order valence-electron chi connectivity index (χ3n) is 2.84. The summed E-state index contributed by atoms with van der Waals surface area (Å²) in [5, 5.41) is 19.6. The lowest BCUT2D eigenvalue weighted by Crippen LogP contribution is -2.04. The molecule has 1 atom stereocenters. The quantitative estimate of drug-likeness (QED) is 0.787. The number of aliphatic hydroxyl groups is 1. The standard InChI is InChI=1S/C12H15NO2/c1-8(7-14)11-5-9-3-4-10(15)6-12(9)13(11)2/h3-6,8,14-15H,7H2,1-2H3. The largest absolute Gasteiger partial charge is 0.508 e. The van der Waals surface area contributed by atoms with Crippen LogP contribution in [0.15, 0.2) is 24.3 Å². The molecule has 0 spiro atoms. The van der Waals surface area contributed by atoms with E-state index in [1.165, 1.54) is 0 Å². The summed E-state index contributed by atoms with van der Waals surface area (Å²) in [5.41, 5.74) is 2.07. The van der Waals surface area contributed by atoms with Crippen LogP contribution in [-0.4, -0.2) is 21.4 Å². The van der Waals surface area contributed by atoms with Gasteiger partial charge in [-0.3, -0.25) is 0 Å². The van der Waals surface area contributed by atoms with Gasteiger partial charge in [-0.05, 0) is 18.2 Å². The van der Waals surface area contributed by atoms with E-state index in [0.29, 0.717) is 0 Å². The van der Waals surface area contributed by atoms with Crippen molar-refractivity contribution in [3.05, 3.63) is 30.0 Å². The van der Waals surface area contributed by atoms with Gasteiger partial charge in [0.15, 0.2) is 0 Å². The molecule has 3 nitrogen and oxygen atoms in total. The van der Waals surface area contributed by atoms with E-state index in [1.54, 1.807) is 12.1 Å². The molecule has 0 fully saturated rings. The molecular weight excluding hydrogens is 190 g/mol. The fourth-order valence-electron chi connectivity index (χ4n) is 1.91. The van der Waals surface area contributed by atoms with Crippen molar-refractivity contribution in [3.63, 3.8) is 0 Å². The maximum absolute atomic E-state index is 9.40. The number of aromatic nitrogens is 1. The second-order valence-corrected chi connectivity index (χ2v) is 3.95. The summed E-state index contributed by atoms with van der Waals surface area (Å²) in [6.45, 7) is 2.12. The Morgan fingerprint density at radius 1 is 1.33 bits per heavy atom. The van der Waals surface area contributed by atoms with Gasteiger partial charge < -0.3 is 14.8 Å². The molecule has 1 unspecified atom stereocenters. The third-order valence-corrected chi connectivity index (χ3v) is 2.84. The zero-order chi connectivity index (χ0) is 11.0. The number of aliphatic hydroxyl groups excluding tert-OH is 1. The van der Waals surface area contributed by atoms with Gasteiger partial charge in [0.1, 0.15) is 5.75 Å². The highest BCUT2D eigenvalue weighted by Gasteiger charge is 2.11. The minimum absolute atomic E-state index is 0.115. The first-order valence-corrected chi connectivity index (χ1v) is 5.02. The van der Waals surface area contributed by atoms with Crippen LogP contribution < -0.4 is 0 Å². The number of nitrogens with zero attached hydrogens (tertiary/aromatic N) is 1. The molecule has 2 N–H and O–H groups in total. The summed E-state index contributed by atoms with van der Waals surface area (Å²) >= 11 is 0. The van der Waals surface area contributed by atoms with E-state index < -0.39 is 0 Å². The molecule has 0 radical (unpaired) electrons. The molecule has 2 aromatic rings. The maximum Gasteiger partial charge on any atom is 0.117 e. The number of hydrogen-bond donors (Lipinski definition) is 2. The van der Waals surface area contributed by atoms with Gasteiger partial charge in [0, 0.05) is 30.1 Å². The van der Waals surface area contributed by atoms with Gasteiger partial charge in [-0.2, -0.15) is 0 Å². The van der Waals surface area contributed by atoms with Gasteiger partial charge in [-0.1, -0.05) is 6.92 Å². The van der Waals surface area contributed by atoms with E-state index in [0.717, 1.165) is 16.6 Å². The lowest BCUT2D eigenvalue weighted by atomic mass is 10.1. The first-order valence-electron chi connectivity index (χ1n) is 5.02. The van der Waals surface area contributed by atoms with Gasteiger partial charge in [-0.15, -0.1) is 0 Å². The predicted molar refractivity (Wildman–Crippen MR) is 60.1 cm³/mol. The van der Waals surface area contributed by atoms with E-state index in [4.69, 9.17) is 5.11 Å². The van der Waals surface area contributed by atoms with Crippen LogP contribution in [0.2, 0.25) is 0 Å². The Morgan fingerprint density at radius 3 is 2.73 bits per heavy atom. The van der Waals surface area contributed by atoms with Crippen LogP contribution in [0.1, 0.15) is 18.5 Å². The van der Waals surface area contributed by atoms with E-state index in [9.17, 15) is 5.11 Å². The Kier molecular flexibility index (Phi) is 2.40. The van der Waals surface area contributed by atoms with E-state index in [2.05, 4.69) is 6.07 Å². The molecule has 2 rings (SSSR count). The molecule has 80 valence electrons. The summed E-state index contributed by atoms with van der Waals surface area (Å²) in [4.78, 5) is 0. The number of rotatable bonds is 2. The van der Waals surface area contributed by atoms with Gasteiger partial charge in [0.05, 0.1) is 12.1 Å². The molecule has 1 aromatic carbocycles. The molecule has 1 heterocycles. The minimum atomic E-state index is 0.115. The molecule has 0 saturated heterocycles. The predicted octanol–water partition coefficient (Wildman–Crippen LogP) is 1.98. The number of aromatic hydroxyl groups is 1. The molecule has 0 aliphatic rings. The average molecular weight is 205 g/mol. The van der Waals surface area contributed by atoms with Crippen molar-refractivity contribution < 1.29 is 10.2 Å². The Bertz CT molecular complexity index is 488. The molecular formula is C12H15NO2. The van der Waals surface area contributed by atoms with Crippen LogP contribution in [0.25, 0.3) is 10.9 Å². The Balaban J connectivity index is 2.64. The zero-order valence-electron chi connectivity index (χ0n) is 8.94. The lowest BCUT2D eigenvalue weighted by molar-refractivity contribution is 0.269. The van der Waals surface area contributed by atoms with Gasteiger partial charge in [0.25, 0.3) is 0 Å². The fourth-order valence-corrected chi connectivity index (χ4v) is 1.91. The SMILES string of the molecule is CC(CO)c1cc2ccc(O)cc2n1C. The second-order valence-electron chi connectivity index (χ2n) is 3.95. The highest BCUT2D eigenvalue weighted by molar-refractivity contribution is 5.82. The Morgan fingerprint density at radius 2 is 2.07 bits per heavy atom. The monoisotopic (exact) mass is 205 g/mol. The first kappa shape index (κ1) is 10.1. The number of phenolic OH excluding ortho intramolecular Hbond substituents is 1. The number of fused-ring (bicyclic) bond motifs is 1. The summed E-state index contributed by atoms with van der Waals surface area (Å²) in [7, 11) is 1.95. The highest BCUT2D eigenvalue weighted by atomic mass is 16.3. The van der Waals surface area contributed by atoms with Crippen molar-refractivity contribution >= 4 is 10.9 Å². The van der Waals surface area contributed by atoms with E-state index in [1.807, 2.05) is 24.6 Å². The lowest BCUT2D eigenvalue weighted by Gasteiger charge is -2.09. The van der Waals surface area contributed by atoms with E-state index >= 15 is 0 Å². The Labute approximate surface area is 88.6 Å². The normalized spacial score (nSPS) is 13.3. The molecule has 0 aliphatic carbocycles. The second kappa shape index (κ2) is 3.59. The van der Waals surface area contributed by atoms with Crippen molar-refractivity contribution in [2.75, 3.05) is 6.61 Å². The summed E-state index contributed by atoms with van der Waals surface area (Å²) in [6.07, 6.45) is 0. The molecule has 15 heavy (non-hydrogen) atoms. The maximum atomic E-state index is 9.40. The van der Waals surface area contributed by atoms with Crippen LogP contribution >= 0.6 is 0 Å². The van der Waals surface area contributed by atoms with E-state index in [-0.39, 0.29) is 18.3 Å². The molecule has 1 aromatic heterocycles. The van der Waals surface area contributed by atoms with Gasteiger partial charge in [0.2, 0.25) is 0 Å². The first-order chi connectivity index (χ1) is 7.13. The number of hydrogen-bond acceptors (Lipinski definition) is 2. The van der Waals surface area contributed by atoms with Crippen molar-refractivity contribution in [3.8, 4) is 5.75 Å². The zero-order valence-corrected chi connectivity index (χ0v) is 8.94. The molecule has 0 saturated carbocycles. The third kappa shape index (κ3) is 1.59.